The van der Waals surface area contributed by atoms with E-state index >= 15 is 0 Å². The number of benzene rings is 1. The summed E-state index contributed by atoms with van der Waals surface area (Å²) < 4.78 is 26.6. The van der Waals surface area contributed by atoms with Crippen LogP contribution in [-0.4, -0.2) is 42.2 Å². The van der Waals surface area contributed by atoms with Crippen molar-refractivity contribution in [3.8, 4) is 0 Å². The Morgan fingerprint density at radius 2 is 2.15 bits per heavy atom. The summed E-state index contributed by atoms with van der Waals surface area (Å²) in [4.78, 5) is 16.8. The van der Waals surface area contributed by atoms with E-state index in [2.05, 4.69) is 16.5 Å². The fourth-order valence-electron chi connectivity index (χ4n) is 3.53. The van der Waals surface area contributed by atoms with E-state index in [-0.39, 0.29) is 16.6 Å². The molecule has 1 fully saturated rings. The second-order valence-electron chi connectivity index (χ2n) is 6.53. The van der Waals surface area contributed by atoms with Gasteiger partial charge < -0.3 is 9.47 Å². The van der Waals surface area contributed by atoms with Crippen molar-refractivity contribution in [2.75, 3.05) is 24.2 Å². The summed E-state index contributed by atoms with van der Waals surface area (Å²) in [6.45, 7) is 3.41. The van der Waals surface area contributed by atoms with Gasteiger partial charge >= 0.3 is 0 Å². The Bertz CT molecular complexity index is 923. The van der Waals surface area contributed by atoms with Crippen LogP contribution in [0.15, 0.2) is 35.5 Å². The van der Waals surface area contributed by atoms with Crippen molar-refractivity contribution in [2.45, 2.75) is 37.1 Å². The smallest absolute Gasteiger partial charge is 0.270 e. The van der Waals surface area contributed by atoms with Gasteiger partial charge in [-0.15, -0.1) is 0 Å². The molecule has 140 valence electrons. The van der Waals surface area contributed by atoms with Gasteiger partial charge in [0.15, 0.2) is 9.84 Å². The van der Waals surface area contributed by atoms with E-state index in [0.717, 1.165) is 37.4 Å². The van der Waals surface area contributed by atoms with Gasteiger partial charge in [-0.25, -0.2) is 13.4 Å². The zero-order valence-electron chi connectivity index (χ0n) is 14.8. The highest BCUT2D eigenvalue weighted by Crippen LogP contribution is 2.33. The third kappa shape index (κ3) is 3.57. The van der Waals surface area contributed by atoms with E-state index in [1.165, 1.54) is 6.07 Å². The molecule has 8 nitrogen and oxygen atoms in total. The first-order valence-electron chi connectivity index (χ1n) is 8.56. The molecule has 26 heavy (non-hydrogen) atoms. The molecule has 1 unspecified atom stereocenters. The van der Waals surface area contributed by atoms with Crippen LogP contribution in [0, 0.1) is 10.1 Å². The predicted octanol–water partition coefficient (Wildman–Crippen LogP) is 2.60. The number of non-ortho nitro benzene ring substituents is 1. The summed E-state index contributed by atoms with van der Waals surface area (Å²) in [6, 6.07) is 4.26. The molecule has 1 aromatic heterocycles. The lowest BCUT2D eigenvalue weighted by Crippen LogP contribution is -2.37. The third-order valence-electron chi connectivity index (χ3n) is 4.75. The normalized spacial score (nSPS) is 18.1. The van der Waals surface area contributed by atoms with Gasteiger partial charge in [-0.2, -0.15) is 0 Å². The molecule has 9 heteroatoms. The highest BCUT2D eigenvalue weighted by Gasteiger charge is 2.27. The highest BCUT2D eigenvalue weighted by atomic mass is 32.2. The van der Waals surface area contributed by atoms with Crippen molar-refractivity contribution in [1.82, 2.24) is 9.55 Å². The summed E-state index contributed by atoms with van der Waals surface area (Å²) in [5.74, 6) is 1.00. The molecule has 1 aromatic carbocycles. The minimum atomic E-state index is -3.59. The first kappa shape index (κ1) is 18.4. The average molecular weight is 378 g/mol. The largest absolute Gasteiger partial charge is 0.368 e. The summed E-state index contributed by atoms with van der Waals surface area (Å²) in [6.07, 6.45) is 7.55. The van der Waals surface area contributed by atoms with Crippen molar-refractivity contribution in [3.63, 3.8) is 0 Å². The van der Waals surface area contributed by atoms with Crippen LogP contribution in [0.25, 0.3) is 0 Å². The first-order valence-corrected chi connectivity index (χ1v) is 10.5. The van der Waals surface area contributed by atoms with Gasteiger partial charge in [0, 0.05) is 50.3 Å². The predicted molar refractivity (Wildman–Crippen MR) is 98.3 cm³/mol. The number of rotatable bonds is 5. The first-order chi connectivity index (χ1) is 12.3. The molecular formula is C17H22N4O4S. The minimum Gasteiger partial charge on any atom is -0.368 e. The fourth-order valence-corrected chi connectivity index (χ4v) is 4.44. The van der Waals surface area contributed by atoms with Gasteiger partial charge in [-0.3, -0.25) is 10.1 Å². The Morgan fingerprint density at radius 3 is 2.81 bits per heavy atom. The summed E-state index contributed by atoms with van der Waals surface area (Å²) >= 11 is 0. The second kappa shape index (κ2) is 7.06. The van der Waals surface area contributed by atoms with Crippen molar-refractivity contribution in [3.05, 3.63) is 46.5 Å². The molecule has 1 saturated heterocycles. The molecule has 3 rings (SSSR count). The van der Waals surface area contributed by atoms with Crippen LogP contribution in [0.4, 0.5) is 11.4 Å². The maximum absolute atomic E-state index is 12.2. The second-order valence-corrected chi connectivity index (χ2v) is 8.51. The Labute approximate surface area is 152 Å². The van der Waals surface area contributed by atoms with E-state index in [0.29, 0.717) is 18.8 Å². The molecule has 0 bridgehead atoms. The maximum Gasteiger partial charge on any atom is 0.270 e. The Hall–Kier alpha value is -2.42. The quantitative estimate of drug-likeness (QED) is 0.586. The molecule has 0 spiro atoms. The van der Waals surface area contributed by atoms with E-state index in [4.69, 9.17) is 0 Å². The Balaban J connectivity index is 1.97. The molecule has 0 aliphatic carbocycles. The van der Waals surface area contributed by atoms with Crippen molar-refractivity contribution in [1.29, 1.82) is 0 Å². The number of aryl methyl sites for hydroxylation is 1. The van der Waals surface area contributed by atoms with Crippen LogP contribution in [0.3, 0.4) is 0 Å². The molecule has 1 aliphatic rings. The number of hydrogen-bond acceptors (Lipinski definition) is 6. The molecular weight excluding hydrogens is 356 g/mol. The van der Waals surface area contributed by atoms with Crippen LogP contribution >= 0.6 is 0 Å². The van der Waals surface area contributed by atoms with Crippen molar-refractivity contribution in [2.24, 2.45) is 0 Å². The molecule has 2 aromatic rings. The number of sulfone groups is 1. The van der Waals surface area contributed by atoms with E-state index in [9.17, 15) is 18.5 Å². The van der Waals surface area contributed by atoms with E-state index in [1.54, 1.807) is 12.3 Å². The standard InChI is InChI=1S/C17H22N4O4S/c1-3-17-18-8-10-20(17)14-5-4-9-19(12-14)15-7-6-13(21(22)23)11-16(15)26(2,24)25/h6-8,10-11,14H,3-5,9,12H2,1-2H3. The summed E-state index contributed by atoms with van der Waals surface area (Å²) in [5, 5.41) is 11.0. The number of nitrogens with zero attached hydrogens (tertiary/aromatic N) is 4. The number of anilines is 1. The zero-order valence-corrected chi connectivity index (χ0v) is 15.6. The number of nitro groups is 1. The van der Waals surface area contributed by atoms with Crippen LogP contribution < -0.4 is 4.90 Å². The highest BCUT2D eigenvalue weighted by molar-refractivity contribution is 7.90. The summed E-state index contributed by atoms with van der Waals surface area (Å²) in [5.41, 5.74) is 0.312. The topological polar surface area (TPSA) is 98.3 Å². The van der Waals surface area contributed by atoms with Crippen LogP contribution in [-0.2, 0) is 16.3 Å². The van der Waals surface area contributed by atoms with Crippen LogP contribution in [0.5, 0.6) is 0 Å². The lowest BCUT2D eigenvalue weighted by Gasteiger charge is -2.36. The molecule has 0 N–H and O–H groups in total. The fraction of sp³-hybridized carbons (Fsp3) is 0.471. The van der Waals surface area contributed by atoms with Crippen molar-refractivity contribution < 1.29 is 13.3 Å². The number of aromatic nitrogens is 2. The van der Waals surface area contributed by atoms with Gasteiger partial charge in [0.25, 0.3) is 5.69 Å². The monoisotopic (exact) mass is 378 g/mol. The molecule has 1 aliphatic heterocycles. The van der Waals surface area contributed by atoms with Crippen molar-refractivity contribution >= 4 is 21.2 Å². The minimum absolute atomic E-state index is 0.00805. The molecule has 0 saturated carbocycles. The lowest BCUT2D eigenvalue weighted by atomic mass is 10.0. The van der Waals surface area contributed by atoms with E-state index < -0.39 is 14.8 Å². The third-order valence-corrected chi connectivity index (χ3v) is 5.88. The van der Waals surface area contributed by atoms with Gasteiger partial charge in [0.2, 0.25) is 0 Å². The van der Waals surface area contributed by atoms with Gasteiger partial charge in [-0.05, 0) is 18.9 Å². The maximum atomic E-state index is 12.2. The number of hydrogen-bond donors (Lipinski definition) is 0. The van der Waals surface area contributed by atoms with Gasteiger partial charge in [-0.1, -0.05) is 6.92 Å². The van der Waals surface area contributed by atoms with E-state index in [1.807, 2.05) is 11.1 Å². The lowest BCUT2D eigenvalue weighted by molar-refractivity contribution is -0.385. The zero-order chi connectivity index (χ0) is 18.9. The Morgan fingerprint density at radius 1 is 1.38 bits per heavy atom. The SMILES string of the molecule is CCc1nccn1C1CCCN(c2ccc([N+](=O)[O-])cc2S(C)(=O)=O)C1. The number of nitro benzene ring substituents is 1. The molecule has 2 heterocycles. The molecule has 0 radical (unpaired) electrons. The van der Waals surface area contributed by atoms with Gasteiger partial charge in [0.1, 0.15) is 5.82 Å². The number of imidazole rings is 1. The van der Waals surface area contributed by atoms with Gasteiger partial charge in [0.05, 0.1) is 21.5 Å². The average Bonchev–Trinajstić information content (AvgIpc) is 3.09. The summed E-state index contributed by atoms with van der Waals surface area (Å²) in [7, 11) is -3.59. The molecule has 1 atom stereocenters. The molecule has 0 amide bonds. The van der Waals surface area contributed by atoms with Crippen LogP contribution in [0.2, 0.25) is 0 Å². The van der Waals surface area contributed by atoms with Crippen LogP contribution in [0.1, 0.15) is 31.6 Å². The number of piperidine rings is 1. The Kier molecular flexibility index (Phi) is 4.99.